The Morgan fingerprint density at radius 1 is 1.19 bits per heavy atom. The van der Waals surface area contributed by atoms with E-state index in [0.717, 1.165) is 21.8 Å². The number of nitrogens with zero attached hydrogens (tertiary/aromatic N) is 4. The number of nitrogens with one attached hydrogen (secondary N) is 1. The van der Waals surface area contributed by atoms with Crippen LogP contribution < -0.4 is 5.32 Å². The summed E-state index contributed by atoms with van der Waals surface area (Å²) in [6, 6.07) is -1.03. The highest BCUT2D eigenvalue weighted by Gasteiger charge is 2.39. The first-order valence-corrected chi connectivity index (χ1v) is 9.16. The Kier molecular flexibility index (Phi) is 6.22. The molecule has 0 aliphatic rings. The van der Waals surface area contributed by atoms with Crippen molar-refractivity contribution in [3.8, 4) is 0 Å². The number of alkyl halides is 3. The van der Waals surface area contributed by atoms with Gasteiger partial charge in [-0.2, -0.15) is 23.4 Å². The second kappa shape index (κ2) is 8.45. The molecule has 0 saturated carbocycles. The van der Waals surface area contributed by atoms with Gasteiger partial charge < -0.3 is 5.32 Å². The number of anilines is 1. The fourth-order valence-corrected chi connectivity index (χ4v) is 3.07. The van der Waals surface area contributed by atoms with E-state index >= 15 is 0 Å². The molecule has 14 heteroatoms. The van der Waals surface area contributed by atoms with Crippen molar-refractivity contribution in [3.05, 3.63) is 63.7 Å². The summed E-state index contributed by atoms with van der Waals surface area (Å²) in [5, 5.41) is 8.85. The standard InChI is InChI=1S/C18H13ClF7N5O/c1-7-13(19)16(18(24,25)26)29-31(7)8(2)17(32)28-9-4-27-30(5-9)6-10-11(20)3-12(21)15(23)14(10)22/h3-5,8H,6H2,1-2H3,(H,28,32). The lowest BCUT2D eigenvalue weighted by Gasteiger charge is -2.13. The van der Waals surface area contributed by atoms with Gasteiger partial charge in [-0.3, -0.25) is 14.2 Å². The summed E-state index contributed by atoms with van der Waals surface area (Å²) in [5.74, 6) is -7.37. The maximum Gasteiger partial charge on any atom is 0.436 e. The van der Waals surface area contributed by atoms with Gasteiger partial charge in [0.05, 0.1) is 29.1 Å². The normalized spacial score (nSPS) is 12.8. The van der Waals surface area contributed by atoms with E-state index < -0.39 is 64.2 Å². The van der Waals surface area contributed by atoms with Crippen LogP contribution in [0.4, 0.5) is 36.4 Å². The van der Waals surface area contributed by atoms with Crippen LogP contribution in [0.5, 0.6) is 0 Å². The number of carbonyl (C=O) groups is 1. The third-order valence-corrected chi connectivity index (χ3v) is 4.97. The van der Waals surface area contributed by atoms with Gasteiger partial charge in [0.1, 0.15) is 11.9 Å². The van der Waals surface area contributed by atoms with Gasteiger partial charge >= 0.3 is 6.18 Å². The number of amides is 1. The Labute approximate surface area is 180 Å². The number of halogens is 8. The van der Waals surface area contributed by atoms with E-state index in [4.69, 9.17) is 11.6 Å². The minimum atomic E-state index is -4.81. The van der Waals surface area contributed by atoms with Crippen LogP contribution in [-0.4, -0.2) is 25.5 Å². The first-order chi connectivity index (χ1) is 14.8. The molecule has 172 valence electrons. The zero-order chi connectivity index (χ0) is 24.0. The van der Waals surface area contributed by atoms with Crippen LogP contribution in [0, 0.1) is 30.2 Å². The molecule has 0 fully saturated rings. The van der Waals surface area contributed by atoms with Gasteiger partial charge in [0, 0.05) is 17.8 Å². The predicted molar refractivity (Wildman–Crippen MR) is 97.9 cm³/mol. The molecule has 6 nitrogen and oxygen atoms in total. The molecule has 0 radical (unpaired) electrons. The van der Waals surface area contributed by atoms with Gasteiger partial charge in [0.2, 0.25) is 5.91 Å². The number of rotatable bonds is 5. The third kappa shape index (κ3) is 4.42. The molecule has 1 N–H and O–H groups in total. The van der Waals surface area contributed by atoms with Gasteiger partial charge in [0.25, 0.3) is 0 Å². The molecule has 2 aromatic heterocycles. The lowest BCUT2D eigenvalue weighted by molar-refractivity contribution is -0.141. The van der Waals surface area contributed by atoms with Crippen molar-refractivity contribution in [2.75, 3.05) is 5.32 Å². The van der Waals surface area contributed by atoms with E-state index in [-0.39, 0.29) is 17.4 Å². The molecule has 0 aliphatic heterocycles. The molecule has 0 spiro atoms. The van der Waals surface area contributed by atoms with Crippen molar-refractivity contribution in [3.63, 3.8) is 0 Å². The molecule has 0 bridgehead atoms. The minimum absolute atomic E-state index is 0.0252. The average Bonchev–Trinajstić information content (AvgIpc) is 3.27. The van der Waals surface area contributed by atoms with Crippen LogP contribution >= 0.6 is 11.6 Å². The highest BCUT2D eigenvalue weighted by atomic mass is 35.5. The Morgan fingerprint density at radius 2 is 1.84 bits per heavy atom. The Morgan fingerprint density at radius 3 is 2.44 bits per heavy atom. The first-order valence-electron chi connectivity index (χ1n) is 8.78. The molecule has 3 rings (SSSR count). The summed E-state index contributed by atoms with van der Waals surface area (Å²) in [4.78, 5) is 12.4. The molecular formula is C18H13ClF7N5O. The molecule has 1 amide bonds. The molecule has 32 heavy (non-hydrogen) atoms. The van der Waals surface area contributed by atoms with E-state index in [0.29, 0.717) is 0 Å². The third-order valence-electron chi connectivity index (χ3n) is 4.52. The van der Waals surface area contributed by atoms with E-state index in [9.17, 15) is 35.5 Å². The van der Waals surface area contributed by atoms with Crippen LogP contribution in [-0.2, 0) is 17.5 Å². The van der Waals surface area contributed by atoms with Gasteiger partial charge in [0.15, 0.2) is 23.1 Å². The van der Waals surface area contributed by atoms with Gasteiger partial charge in [-0.15, -0.1) is 0 Å². The lowest BCUT2D eigenvalue weighted by Crippen LogP contribution is -2.25. The zero-order valence-electron chi connectivity index (χ0n) is 16.2. The summed E-state index contributed by atoms with van der Waals surface area (Å²) < 4.78 is 94.6. The molecule has 1 atom stereocenters. The largest absolute Gasteiger partial charge is 0.436 e. The molecule has 0 aliphatic carbocycles. The van der Waals surface area contributed by atoms with Gasteiger partial charge in [-0.05, 0) is 13.8 Å². The van der Waals surface area contributed by atoms with Crippen molar-refractivity contribution >= 4 is 23.2 Å². The second-order valence-electron chi connectivity index (χ2n) is 6.73. The van der Waals surface area contributed by atoms with Crippen molar-refractivity contribution < 1.29 is 35.5 Å². The zero-order valence-corrected chi connectivity index (χ0v) is 17.0. The lowest BCUT2D eigenvalue weighted by atomic mass is 10.2. The van der Waals surface area contributed by atoms with Crippen LogP contribution in [0.2, 0.25) is 5.02 Å². The monoisotopic (exact) mass is 483 g/mol. The molecule has 3 aromatic rings. The molecule has 1 aromatic carbocycles. The molecule has 0 saturated heterocycles. The predicted octanol–water partition coefficient (Wildman–Crippen LogP) is 4.86. The first kappa shape index (κ1) is 23.6. The Hall–Kier alpha value is -3.09. The number of aromatic nitrogens is 4. The highest BCUT2D eigenvalue weighted by molar-refractivity contribution is 6.32. The van der Waals surface area contributed by atoms with Crippen molar-refractivity contribution in [1.29, 1.82) is 0 Å². The fourth-order valence-electron chi connectivity index (χ4n) is 2.84. The Balaban J connectivity index is 1.77. The van der Waals surface area contributed by atoms with Crippen molar-refractivity contribution in [2.45, 2.75) is 32.6 Å². The highest BCUT2D eigenvalue weighted by Crippen LogP contribution is 2.36. The van der Waals surface area contributed by atoms with Crippen LogP contribution in [0.15, 0.2) is 18.5 Å². The van der Waals surface area contributed by atoms with Crippen molar-refractivity contribution in [2.24, 2.45) is 0 Å². The topological polar surface area (TPSA) is 64.7 Å². The number of benzene rings is 1. The van der Waals surface area contributed by atoms with E-state index in [1.165, 1.54) is 13.8 Å². The number of hydrogen-bond acceptors (Lipinski definition) is 3. The fraction of sp³-hybridized carbons (Fsp3) is 0.278. The quantitative estimate of drug-likeness (QED) is 0.320. The van der Waals surface area contributed by atoms with Crippen LogP contribution in [0.25, 0.3) is 0 Å². The van der Waals surface area contributed by atoms with Crippen LogP contribution in [0.1, 0.15) is 29.9 Å². The maximum absolute atomic E-state index is 13.8. The van der Waals surface area contributed by atoms with E-state index in [1.54, 1.807) is 0 Å². The van der Waals surface area contributed by atoms with Gasteiger partial charge in [-0.1, -0.05) is 11.6 Å². The Bertz CT molecular complexity index is 1190. The SMILES string of the molecule is Cc1c(Cl)c(C(F)(F)F)nn1C(C)C(=O)Nc1cnn(Cc2c(F)cc(F)c(F)c2F)c1. The van der Waals surface area contributed by atoms with E-state index in [1.807, 2.05) is 0 Å². The molecule has 1 unspecified atom stereocenters. The summed E-state index contributed by atoms with van der Waals surface area (Å²) >= 11 is 5.67. The summed E-state index contributed by atoms with van der Waals surface area (Å²) in [6.07, 6.45) is -2.59. The van der Waals surface area contributed by atoms with E-state index in [2.05, 4.69) is 15.5 Å². The number of carbonyl (C=O) groups excluding carboxylic acids is 1. The van der Waals surface area contributed by atoms with Crippen LogP contribution in [0.3, 0.4) is 0 Å². The molecule has 2 heterocycles. The summed E-state index contributed by atoms with van der Waals surface area (Å²) in [7, 11) is 0. The summed E-state index contributed by atoms with van der Waals surface area (Å²) in [6.45, 7) is 1.92. The molecular weight excluding hydrogens is 471 g/mol. The second-order valence-corrected chi connectivity index (χ2v) is 7.11. The maximum atomic E-state index is 13.8. The minimum Gasteiger partial charge on any atom is -0.322 e. The van der Waals surface area contributed by atoms with Gasteiger partial charge in [-0.25, -0.2) is 17.6 Å². The smallest absolute Gasteiger partial charge is 0.322 e. The van der Waals surface area contributed by atoms with Crippen molar-refractivity contribution in [1.82, 2.24) is 19.6 Å². The average molecular weight is 484 g/mol. The summed E-state index contributed by atoms with van der Waals surface area (Å²) in [5.41, 5.74) is -2.18. The number of hydrogen-bond donors (Lipinski definition) is 1.